The van der Waals surface area contributed by atoms with Crippen LogP contribution in [-0.4, -0.2) is 27.6 Å². The van der Waals surface area contributed by atoms with E-state index in [0.717, 1.165) is 18.9 Å². The molecule has 0 unspecified atom stereocenters. The third-order valence-corrected chi connectivity index (χ3v) is 2.50. The van der Waals surface area contributed by atoms with Gasteiger partial charge in [0.2, 0.25) is 5.91 Å². The number of hydrogen-bond donors (Lipinski definition) is 2. The molecule has 1 aliphatic rings. The second-order valence-corrected chi connectivity index (χ2v) is 4.03. The van der Waals surface area contributed by atoms with Gasteiger partial charge in [-0.15, -0.1) is 0 Å². The van der Waals surface area contributed by atoms with Gasteiger partial charge in [-0.25, -0.2) is 4.79 Å². The van der Waals surface area contributed by atoms with E-state index in [0.29, 0.717) is 0 Å². The number of amides is 1. The molecule has 1 aliphatic carbocycles. The van der Waals surface area contributed by atoms with Crippen LogP contribution in [0, 0.1) is 0 Å². The number of nitrogens with zero attached hydrogens (tertiary/aromatic N) is 1. The van der Waals surface area contributed by atoms with E-state index in [1.54, 1.807) is 0 Å². The van der Waals surface area contributed by atoms with Crippen LogP contribution >= 0.6 is 0 Å². The average molecular weight is 236 g/mol. The summed E-state index contributed by atoms with van der Waals surface area (Å²) in [7, 11) is 0. The summed E-state index contributed by atoms with van der Waals surface area (Å²) in [5, 5.41) is 11.4. The van der Waals surface area contributed by atoms with E-state index in [1.807, 2.05) is 0 Å². The SMILES string of the molecule is O=C(Cn1ccc(C(=O)O)cc1=O)NC1CC1. The van der Waals surface area contributed by atoms with Crippen molar-refractivity contribution in [2.24, 2.45) is 0 Å². The Bertz CT molecular complexity index is 516. The first-order valence-corrected chi connectivity index (χ1v) is 5.29. The fraction of sp³-hybridized carbons (Fsp3) is 0.364. The number of carboxylic acids is 1. The van der Waals surface area contributed by atoms with Crippen LogP contribution in [0.15, 0.2) is 23.1 Å². The highest BCUT2D eigenvalue weighted by atomic mass is 16.4. The summed E-state index contributed by atoms with van der Waals surface area (Å²) in [5.74, 6) is -1.38. The van der Waals surface area contributed by atoms with Gasteiger partial charge >= 0.3 is 5.97 Å². The van der Waals surface area contributed by atoms with Crippen molar-refractivity contribution in [3.8, 4) is 0 Å². The van der Waals surface area contributed by atoms with Crippen LogP contribution in [0.25, 0.3) is 0 Å². The summed E-state index contributed by atoms with van der Waals surface area (Å²) in [5.41, 5.74) is -0.565. The van der Waals surface area contributed by atoms with Gasteiger partial charge in [0.25, 0.3) is 5.56 Å². The van der Waals surface area contributed by atoms with Gasteiger partial charge in [0.1, 0.15) is 6.54 Å². The fourth-order valence-corrected chi connectivity index (χ4v) is 1.43. The molecule has 2 N–H and O–H groups in total. The molecule has 0 saturated heterocycles. The molecule has 0 radical (unpaired) electrons. The van der Waals surface area contributed by atoms with Crippen molar-refractivity contribution in [2.45, 2.75) is 25.4 Å². The first-order valence-electron chi connectivity index (χ1n) is 5.29. The van der Waals surface area contributed by atoms with Crippen LogP contribution in [0.3, 0.4) is 0 Å². The Morgan fingerprint density at radius 2 is 2.18 bits per heavy atom. The van der Waals surface area contributed by atoms with E-state index in [1.165, 1.54) is 16.8 Å². The zero-order valence-electron chi connectivity index (χ0n) is 9.05. The maximum absolute atomic E-state index is 11.5. The number of hydrogen-bond acceptors (Lipinski definition) is 3. The number of nitrogens with one attached hydrogen (secondary N) is 1. The van der Waals surface area contributed by atoms with Gasteiger partial charge in [0.15, 0.2) is 0 Å². The molecule has 1 fully saturated rings. The van der Waals surface area contributed by atoms with Gasteiger partial charge in [-0.1, -0.05) is 0 Å². The minimum Gasteiger partial charge on any atom is -0.478 e. The number of aromatic nitrogens is 1. The first kappa shape index (κ1) is 11.4. The maximum atomic E-state index is 11.5. The Hall–Kier alpha value is -2.11. The largest absolute Gasteiger partial charge is 0.478 e. The van der Waals surface area contributed by atoms with Crippen molar-refractivity contribution in [3.63, 3.8) is 0 Å². The molecule has 2 rings (SSSR count). The van der Waals surface area contributed by atoms with Crippen molar-refractivity contribution in [3.05, 3.63) is 34.2 Å². The Labute approximate surface area is 96.9 Å². The van der Waals surface area contributed by atoms with Crippen LogP contribution in [0.5, 0.6) is 0 Å². The summed E-state index contributed by atoms with van der Waals surface area (Å²) in [6.07, 6.45) is 3.29. The van der Waals surface area contributed by atoms with E-state index in [2.05, 4.69) is 5.32 Å². The lowest BCUT2D eigenvalue weighted by atomic mass is 10.3. The summed E-state index contributed by atoms with van der Waals surface area (Å²) in [6.45, 7) is -0.0742. The van der Waals surface area contributed by atoms with Crippen molar-refractivity contribution in [1.82, 2.24) is 9.88 Å². The van der Waals surface area contributed by atoms with Crippen molar-refractivity contribution in [2.75, 3.05) is 0 Å². The third kappa shape index (κ3) is 2.93. The number of pyridine rings is 1. The second kappa shape index (κ2) is 4.40. The molecule has 17 heavy (non-hydrogen) atoms. The molecule has 6 nitrogen and oxygen atoms in total. The summed E-state index contributed by atoms with van der Waals surface area (Å²) in [6, 6.07) is 2.55. The standard InChI is InChI=1S/C11H12N2O4/c14-9(12-8-1-2-8)6-13-4-3-7(11(16)17)5-10(13)15/h3-5,8H,1-2,6H2,(H,12,14)(H,16,17). The molecule has 6 heteroatoms. The zero-order valence-corrected chi connectivity index (χ0v) is 9.05. The van der Waals surface area contributed by atoms with Crippen LogP contribution in [0.1, 0.15) is 23.2 Å². The number of carbonyl (C=O) groups excluding carboxylic acids is 1. The molecule has 1 aromatic heterocycles. The highest BCUT2D eigenvalue weighted by Gasteiger charge is 2.23. The Kier molecular flexibility index (Phi) is 2.95. The van der Waals surface area contributed by atoms with Gasteiger partial charge in [0.05, 0.1) is 5.56 Å². The normalized spacial score (nSPS) is 14.4. The zero-order chi connectivity index (χ0) is 12.4. The van der Waals surface area contributed by atoms with E-state index in [-0.39, 0.29) is 24.1 Å². The van der Waals surface area contributed by atoms with Crippen molar-refractivity contribution in [1.29, 1.82) is 0 Å². The topological polar surface area (TPSA) is 88.4 Å². The molecule has 90 valence electrons. The molecular formula is C11H12N2O4. The summed E-state index contributed by atoms with van der Waals surface area (Å²) < 4.78 is 1.18. The smallest absolute Gasteiger partial charge is 0.335 e. The predicted molar refractivity (Wildman–Crippen MR) is 58.8 cm³/mol. The van der Waals surface area contributed by atoms with Gasteiger partial charge < -0.3 is 15.0 Å². The quantitative estimate of drug-likeness (QED) is 0.759. The predicted octanol–water partition coefficient (Wildman–Crippen LogP) is -0.175. The molecule has 1 heterocycles. The Morgan fingerprint density at radius 1 is 1.47 bits per heavy atom. The van der Waals surface area contributed by atoms with Gasteiger partial charge in [0, 0.05) is 18.3 Å². The lowest BCUT2D eigenvalue weighted by molar-refractivity contribution is -0.121. The van der Waals surface area contributed by atoms with Crippen molar-refractivity contribution < 1.29 is 14.7 Å². The monoisotopic (exact) mass is 236 g/mol. The molecule has 0 spiro atoms. The van der Waals surface area contributed by atoms with Gasteiger partial charge in [-0.3, -0.25) is 9.59 Å². The lowest BCUT2D eigenvalue weighted by Gasteiger charge is -2.06. The van der Waals surface area contributed by atoms with E-state index < -0.39 is 11.5 Å². The summed E-state index contributed by atoms with van der Waals surface area (Å²) in [4.78, 5) is 33.6. The highest BCUT2D eigenvalue weighted by Crippen LogP contribution is 2.18. The second-order valence-electron chi connectivity index (χ2n) is 4.03. The molecule has 0 atom stereocenters. The van der Waals surface area contributed by atoms with Crippen LogP contribution in [-0.2, 0) is 11.3 Å². The highest BCUT2D eigenvalue weighted by molar-refractivity contribution is 5.87. The Morgan fingerprint density at radius 3 is 2.71 bits per heavy atom. The van der Waals surface area contributed by atoms with Crippen molar-refractivity contribution >= 4 is 11.9 Å². The van der Waals surface area contributed by atoms with E-state index in [4.69, 9.17) is 5.11 Å². The maximum Gasteiger partial charge on any atom is 0.335 e. The van der Waals surface area contributed by atoms with Gasteiger partial charge in [-0.2, -0.15) is 0 Å². The van der Waals surface area contributed by atoms with Crippen LogP contribution < -0.4 is 10.9 Å². The van der Waals surface area contributed by atoms with Crippen LogP contribution in [0.4, 0.5) is 0 Å². The molecule has 1 aromatic rings. The molecular weight excluding hydrogens is 224 g/mol. The number of aromatic carboxylic acids is 1. The molecule has 0 aliphatic heterocycles. The minimum atomic E-state index is -1.16. The molecule has 0 aromatic carbocycles. The number of rotatable bonds is 4. The fourth-order valence-electron chi connectivity index (χ4n) is 1.43. The lowest BCUT2D eigenvalue weighted by Crippen LogP contribution is -2.33. The minimum absolute atomic E-state index is 0.0742. The Balaban J connectivity index is 2.07. The molecule has 1 amide bonds. The summed E-state index contributed by atoms with van der Waals surface area (Å²) >= 11 is 0. The van der Waals surface area contributed by atoms with Crippen LogP contribution in [0.2, 0.25) is 0 Å². The molecule has 0 bridgehead atoms. The van der Waals surface area contributed by atoms with E-state index in [9.17, 15) is 14.4 Å². The third-order valence-electron chi connectivity index (χ3n) is 2.50. The number of carboxylic acid groups (broad SMARTS) is 1. The van der Waals surface area contributed by atoms with E-state index >= 15 is 0 Å². The average Bonchev–Trinajstić information content (AvgIpc) is 3.04. The van der Waals surface area contributed by atoms with Gasteiger partial charge in [-0.05, 0) is 18.9 Å². The first-order chi connectivity index (χ1) is 8.06. The molecule has 1 saturated carbocycles. The number of carbonyl (C=O) groups is 2.